The van der Waals surface area contributed by atoms with Crippen molar-refractivity contribution in [2.24, 2.45) is 0 Å². The molecule has 1 saturated heterocycles. The van der Waals surface area contributed by atoms with Crippen molar-refractivity contribution in [1.82, 2.24) is 9.88 Å². The number of pyridine rings is 1. The number of benzene rings is 1. The van der Waals surface area contributed by atoms with Gasteiger partial charge in [0.05, 0.1) is 24.8 Å². The van der Waals surface area contributed by atoms with Gasteiger partial charge in [-0.2, -0.15) is 0 Å². The first kappa shape index (κ1) is 21.4. The molecule has 1 atom stereocenters. The van der Waals surface area contributed by atoms with E-state index in [1.54, 1.807) is 17.0 Å². The summed E-state index contributed by atoms with van der Waals surface area (Å²) in [5.41, 5.74) is 2.61. The number of morpholine rings is 1. The fourth-order valence-corrected chi connectivity index (χ4v) is 2.80. The van der Waals surface area contributed by atoms with Crippen molar-refractivity contribution in [1.29, 1.82) is 0 Å². The van der Waals surface area contributed by atoms with Crippen molar-refractivity contribution < 1.29 is 24.2 Å². The molecule has 1 aromatic heterocycles. The van der Waals surface area contributed by atoms with E-state index in [1.165, 1.54) is 17.3 Å². The van der Waals surface area contributed by atoms with E-state index in [0.717, 1.165) is 12.8 Å². The van der Waals surface area contributed by atoms with Crippen LogP contribution in [0.1, 0.15) is 28.5 Å². The molecule has 0 bridgehead atoms. The third-order valence-electron chi connectivity index (χ3n) is 4.45. The van der Waals surface area contributed by atoms with Crippen LogP contribution < -0.4 is 4.74 Å². The van der Waals surface area contributed by atoms with Crippen LogP contribution in [-0.2, 0) is 16.0 Å². The van der Waals surface area contributed by atoms with E-state index in [2.05, 4.69) is 24.9 Å². The molecule has 3 rings (SSSR count). The van der Waals surface area contributed by atoms with Crippen molar-refractivity contribution in [2.75, 3.05) is 26.4 Å². The Hall–Kier alpha value is -2.93. The van der Waals surface area contributed by atoms with Crippen LogP contribution in [0.2, 0.25) is 0 Å². The molecule has 2 aromatic rings. The van der Waals surface area contributed by atoms with Gasteiger partial charge in [0.15, 0.2) is 6.29 Å². The van der Waals surface area contributed by atoms with Gasteiger partial charge in [0.2, 0.25) is 6.41 Å². The lowest BCUT2D eigenvalue weighted by Gasteiger charge is -2.32. The summed E-state index contributed by atoms with van der Waals surface area (Å²) in [5.74, 6) is 0.172. The Morgan fingerprint density at radius 3 is 2.79 bits per heavy atom. The van der Waals surface area contributed by atoms with Crippen LogP contribution in [0.25, 0.3) is 0 Å². The van der Waals surface area contributed by atoms with Crippen LogP contribution in [0.15, 0.2) is 36.5 Å². The zero-order valence-corrected chi connectivity index (χ0v) is 16.2. The second-order valence-corrected chi connectivity index (χ2v) is 6.31. The number of rotatable bonds is 6. The van der Waals surface area contributed by atoms with Crippen molar-refractivity contribution in [3.05, 3.63) is 53.3 Å². The summed E-state index contributed by atoms with van der Waals surface area (Å²) < 4.78 is 10.8. The van der Waals surface area contributed by atoms with Gasteiger partial charge in [-0.3, -0.25) is 14.6 Å². The van der Waals surface area contributed by atoms with Gasteiger partial charge in [-0.15, -0.1) is 0 Å². The summed E-state index contributed by atoms with van der Waals surface area (Å²) in [6.07, 6.45) is 4.18. The molecule has 28 heavy (non-hydrogen) atoms. The molecule has 1 aliphatic heterocycles. The predicted octanol–water partition coefficient (Wildman–Crippen LogP) is 2.39. The van der Waals surface area contributed by atoms with Crippen molar-refractivity contribution in [3.8, 4) is 11.5 Å². The van der Waals surface area contributed by atoms with Crippen molar-refractivity contribution >= 4 is 12.7 Å². The molecular weight excluding hydrogens is 360 g/mol. The molecule has 1 aromatic carbocycles. The Morgan fingerprint density at radius 2 is 2.14 bits per heavy atom. The van der Waals surface area contributed by atoms with Gasteiger partial charge >= 0.3 is 0 Å². The van der Waals surface area contributed by atoms with Crippen LogP contribution in [0.5, 0.6) is 11.5 Å². The van der Waals surface area contributed by atoms with Gasteiger partial charge in [0.25, 0.3) is 0 Å². The van der Waals surface area contributed by atoms with Gasteiger partial charge in [-0.1, -0.05) is 19.1 Å². The van der Waals surface area contributed by atoms with E-state index in [0.29, 0.717) is 31.8 Å². The fourth-order valence-electron chi connectivity index (χ4n) is 2.80. The second-order valence-electron chi connectivity index (χ2n) is 6.31. The van der Waals surface area contributed by atoms with Crippen LogP contribution in [0, 0.1) is 6.92 Å². The maximum Gasteiger partial charge on any atom is 0.210 e. The topological polar surface area (TPSA) is 89.0 Å². The minimum Gasteiger partial charge on any atom is -0.507 e. The van der Waals surface area contributed by atoms with Crippen LogP contribution in [0.3, 0.4) is 0 Å². The third kappa shape index (κ3) is 5.79. The summed E-state index contributed by atoms with van der Waals surface area (Å²) in [5, 5.41) is 9.52. The molecule has 0 spiro atoms. The number of aromatic nitrogens is 1. The fraction of sp³-hybridized carbons (Fsp3) is 0.381. The largest absolute Gasteiger partial charge is 0.507 e. The van der Waals surface area contributed by atoms with Crippen molar-refractivity contribution in [2.45, 2.75) is 26.3 Å². The van der Waals surface area contributed by atoms with Gasteiger partial charge in [0.1, 0.15) is 18.1 Å². The molecule has 2 heterocycles. The summed E-state index contributed by atoms with van der Waals surface area (Å²) in [4.78, 5) is 27.6. The number of amides is 1. The Morgan fingerprint density at radius 1 is 1.32 bits per heavy atom. The number of phenolic OH excluding ortho intramolecular Hbond substituents is 1. The van der Waals surface area contributed by atoms with Crippen molar-refractivity contribution in [3.63, 3.8) is 0 Å². The SMILES string of the molecule is CCc1ncccc1C.O=Cc1c(O)cccc1OCC1COCCN1C=O. The number of hydrogen-bond donors (Lipinski definition) is 1. The first-order valence-corrected chi connectivity index (χ1v) is 9.19. The number of ether oxygens (including phenoxy) is 2. The lowest BCUT2D eigenvalue weighted by atomic mass is 10.2. The number of carbonyl (C=O) groups excluding carboxylic acids is 2. The summed E-state index contributed by atoms with van der Waals surface area (Å²) in [6.45, 7) is 5.86. The van der Waals surface area contributed by atoms with Crippen LogP contribution in [-0.4, -0.2) is 60.1 Å². The van der Waals surface area contributed by atoms with Gasteiger partial charge in [0, 0.05) is 18.4 Å². The Bertz CT molecular complexity index is 781. The van der Waals surface area contributed by atoms with E-state index in [4.69, 9.17) is 9.47 Å². The third-order valence-corrected chi connectivity index (χ3v) is 4.45. The summed E-state index contributed by atoms with van der Waals surface area (Å²) >= 11 is 0. The maximum atomic E-state index is 10.9. The first-order valence-electron chi connectivity index (χ1n) is 9.19. The summed E-state index contributed by atoms with van der Waals surface area (Å²) in [6, 6.07) is 8.47. The molecule has 1 fully saturated rings. The lowest BCUT2D eigenvalue weighted by molar-refractivity contribution is -0.127. The molecule has 7 heteroatoms. The predicted molar refractivity (Wildman–Crippen MR) is 105 cm³/mol. The highest BCUT2D eigenvalue weighted by molar-refractivity contribution is 5.83. The molecule has 0 aliphatic carbocycles. The smallest absolute Gasteiger partial charge is 0.210 e. The second kappa shape index (κ2) is 11.0. The number of aldehydes is 1. The van der Waals surface area contributed by atoms with E-state index in [9.17, 15) is 14.7 Å². The van der Waals surface area contributed by atoms with Crippen LogP contribution in [0.4, 0.5) is 0 Å². The normalized spacial score (nSPS) is 15.9. The average molecular weight is 386 g/mol. The number of aryl methyl sites for hydroxylation is 2. The van der Waals surface area contributed by atoms with Crippen LogP contribution >= 0.6 is 0 Å². The highest BCUT2D eigenvalue weighted by Gasteiger charge is 2.22. The van der Waals surface area contributed by atoms with E-state index < -0.39 is 0 Å². The quantitative estimate of drug-likeness (QED) is 0.767. The number of nitrogens with zero attached hydrogens (tertiary/aromatic N) is 2. The number of phenols is 1. The monoisotopic (exact) mass is 386 g/mol. The standard InChI is InChI=1S/C13H15NO5.C8H11N/c15-6-11-12(17)2-1-3-13(11)19-8-10-7-18-5-4-14(10)9-16;1-3-8-7(2)5-4-6-9-8/h1-3,6,9-10,17H,4-5,7-8H2;4-6H,3H2,1-2H3. The zero-order chi connectivity index (χ0) is 20.4. The molecule has 0 saturated carbocycles. The number of carbonyl (C=O) groups is 2. The Labute approximate surface area is 164 Å². The average Bonchev–Trinajstić information content (AvgIpc) is 2.73. The molecule has 150 valence electrons. The first-order chi connectivity index (χ1) is 13.6. The molecule has 7 nitrogen and oxygen atoms in total. The molecule has 1 aliphatic rings. The minimum absolute atomic E-state index is 0.108. The molecule has 1 unspecified atom stereocenters. The molecular formula is C21H26N2O5. The Balaban J connectivity index is 0.000000261. The van der Waals surface area contributed by atoms with Gasteiger partial charge in [-0.05, 0) is 37.1 Å². The highest BCUT2D eigenvalue weighted by atomic mass is 16.5. The Kier molecular flexibility index (Phi) is 8.42. The molecule has 1 N–H and O–H groups in total. The van der Waals surface area contributed by atoms with E-state index >= 15 is 0 Å². The summed E-state index contributed by atoms with van der Waals surface area (Å²) in [7, 11) is 0. The number of aromatic hydroxyl groups is 1. The molecule has 0 radical (unpaired) electrons. The van der Waals surface area contributed by atoms with Gasteiger partial charge < -0.3 is 19.5 Å². The maximum absolute atomic E-state index is 10.9. The highest BCUT2D eigenvalue weighted by Crippen LogP contribution is 2.25. The van der Waals surface area contributed by atoms with Gasteiger partial charge in [-0.25, -0.2) is 0 Å². The zero-order valence-electron chi connectivity index (χ0n) is 16.2. The molecule has 1 amide bonds. The van der Waals surface area contributed by atoms with E-state index in [1.807, 2.05) is 12.3 Å². The lowest BCUT2D eigenvalue weighted by Crippen LogP contribution is -2.47. The minimum atomic E-state index is -0.187. The number of hydrogen-bond acceptors (Lipinski definition) is 6. The van der Waals surface area contributed by atoms with E-state index in [-0.39, 0.29) is 24.0 Å².